The monoisotopic (exact) mass is 351 g/mol. The Labute approximate surface area is 144 Å². The van der Waals surface area contributed by atoms with Crippen LogP contribution in [0.5, 0.6) is 0 Å². The fraction of sp³-hybridized carbons (Fsp3) is 0.471. The lowest BCUT2D eigenvalue weighted by atomic mass is 10.2. The quantitative estimate of drug-likeness (QED) is 0.797. The summed E-state index contributed by atoms with van der Waals surface area (Å²) in [7, 11) is 0.0126. The zero-order valence-electron chi connectivity index (χ0n) is 14.3. The summed E-state index contributed by atoms with van der Waals surface area (Å²) in [6.07, 6.45) is 2.34. The van der Waals surface area contributed by atoms with E-state index in [1.165, 1.54) is 9.71 Å². The van der Waals surface area contributed by atoms with Gasteiger partial charge in [-0.05, 0) is 24.6 Å². The van der Waals surface area contributed by atoms with E-state index in [2.05, 4.69) is 0 Å². The van der Waals surface area contributed by atoms with E-state index in [9.17, 15) is 13.2 Å². The number of likely N-dealkylation sites (N-methyl/N-ethyl adjacent to an activating group) is 1. The van der Waals surface area contributed by atoms with Crippen molar-refractivity contribution in [1.29, 1.82) is 0 Å². The number of sulfonamides is 1. The molecule has 1 aliphatic rings. The molecule has 1 amide bonds. The Kier molecular flexibility index (Phi) is 6.53. The minimum Gasteiger partial charge on any atom is -0.348 e. The van der Waals surface area contributed by atoms with Crippen molar-refractivity contribution >= 4 is 22.0 Å². The van der Waals surface area contributed by atoms with Crippen LogP contribution in [0.15, 0.2) is 35.7 Å². The lowest BCUT2D eigenvalue weighted by Gasteiger charge is -2.21. The highest BCUT2D eigenvalue weighted by molar-refractivity contribution is 7.92. The molecule has 1 saturated heterocycles. The Balaban J connectivity index is 1.97. The van der Waals surface area contributed by atoms with Gasteiger partial charge in [-0.3, -0.25) is 9.69 Å². The number of amides is 1. The minimum atomic E-state index is -3.44. The van der Waals surface area contributed by atoms with Crippen LogP contribution >= 0.6 is 0 Å². The summed E-state index contributed by atoms with van der Waals surface area (Å²) >= 11 is 0. The average molecular weight is 351 g/mol. The highest BCUT2D eigenvalue weighted by Gasteiger charge is 2.24. The summed E-state index contributed by atoms with van der Waals surface area (Å²) in [6.45, 7) is 2.52. The number of carbonyl (C=O) groups is 1. The van der Waals surface area contributed by atoms with Crippen LogP contribution in [0, 0.1) is 0 Å². The molecule has 0 aliphatic carbocycles. The third-order valence-corrected chi connectivity index (χ3v) is 5.56. The van der Waals surface area contributed by atoms with Crippen LogP contribution in [0.25, 0.3) is 6.08 Å². The molecule has 0 bridgehead atoms. The molecule has 7 heteroatoms. The first-order valence-corrected chi connectivity index (χ1v) is 9.54. The second-order valence-electron chi connectivity index (χ2n) is 6.08. The lowest BCUT2D eigenvalue weighted by molar-refractivity contribution is -0.129. The SMILES string of the molecule is CN(C)C(=O)CN1CCCN(S(=O)(=O)C=Cc2ccccc2)CC1. The maximum Gasteiger partial charge on any atom is 0.236 e. The predicted octanol–water partition coefficient (Wildman–Crippen LogP) is 1.08. The Morgan fingerprint density at radius 1 is 1.12 bits per heavy atom. The smallest absolute Gasteiger partial charge is 0.236 e. The molecular weight excluding hydrogens is 326 g/mol. The Bertz CT molecular complexity index is 672. The summed E-state index contributed by atoms with van der Waals surface area (Å²) < 4.78 is 26.5. The van der Waals surface area contributed by atoms with E-state index in [0.717, 1.165) is 18.5 Å². The number of nitrogens with zero attached hydrogens (tertiary/aromatic N) is 3. The van der Waals surface area contributed by atoms with Gasteiger partial charge in [0.1, 0.15) is 0 Å². The number of rotatable bonds is 5. The summed E-state index contributed by atoms with van der Waals surface area (Å²) in [4.78, 5) is 15.4. The van der Waals surface area contributed by atoms with Crippen molar-refractivity contribution in [3.63, 3.8) is 0 Å². The zero-order chi connectivity index (χ0) is 17.6. The average Bonchev–Trinajstić information content (AvgIpc) is 2.80. The van der Waals surface area contributed by atoms with Crippen molar-refractivity contribution in [1.82, 2.24) is 14.1 Å². The Morgan fingerprint density at radius 2 is 1.83 bits per heavy atom. The van der Waals surface area contributed by atoms with Crippen molar-refractivity contribution in [3.05, 3.63) is 41.3 Å². The Morgan fingerprint density at radius 3 is 2.50 bits per heavy atom. The van der Waals surface area contributed by atoms with Gasteiger partial charge in [0.25, 0.3) is 0 Å². The van der Waals surface area contributed by atoms with Crippen LogP contribution in [-0.2, 0) is 14.8 Å². The molecular formula is C17H25N3O3S. The topological polar surface area (TPSA) is 60.9 Å². The maximum atomic E-state index is 12.5. The molecule has 1 aliphatic heterocycles. The van der Waals surface area contributed by atoms with Crippen molar-refractivity contribution < 1.29 is 13.2 Å². The summed E-state index contributed by atoms with van der Waals surface area (Å²) in [5, 5.41) is 1.27. The van der Waals surface area contributed by atoms with Crippen LogP contribution in [0.3, 0.4) is 0 Å². The molecule has 0 aromatic heterocycles. The standard InChI is InChI=1S/C17H25N3O3S/c1-18(2)17(21)15-19-10-6-11-20(13-12-19)24(22,23)14-9-16-7-4-3-5-8-16/h3-5,7-9,14H,6,10-13,15H2,1-2H3. The van der Waals surface area contributed by atoms with E-state index in [1.54, 1.807) is 25.1 Å². The van der Waals surface area contributed by atoms with E-state index in [0.29, 0.717) is 26.2 Å². The largest absolute Gasteiger partial charge is 0.348 e. The number of hydrogen-bond acceptors (Lipinski definition) is 4. The maximum absolute atomic E-state index is 12.5. The molecule has 132 valence electrons. The van der Waals surface area contributed by atoms with Gasteiger partial charge >= 0.3 is 0 Å². The van der Waals surface area contributed by atoms with Crippen LogP contribution < -0.4 is 0 Å². The number of hydrogen-bond donors (Lipinski definition) is 0. The molecule has 24 heavy (non-hydrogen) atoms. The summed E-state index contributed by atoms with van der Waals surface area (Å²) in [5.41, 5.74) is 0.856. The third kappa shape index (κ3) is 5.43. The van der Waals surface area contributed by atoms with Gasteiger partial charge in [0.05, 0.1) is 6.54 Å². The fourth-order valence-electron chi connectivity index (χ4n) is 2.51. The number of carbonyl (C=O) groups excluding carboxylic acids is 1. The molecule has 0 spiro atoms. The van der Waals surface area contributed by atoms with Crippen LogP contribution in [0.1, 0.15) is 12.0 Å². The number of benzene rings is 1. The van der Waals surface area contributed by atoms with Gasteiger partial charge in [-0.1, -0.05) is 30.3 Å². The first-order valence-electron chi connectivity index (χ1n) is 8.04. The predicted molar refractivity (Wildman–Crippen MR) is 95.7 cm³/mol. The van der Waals surface area contributed by atoms with E-state index in [4.69, 9.17) is 0 Å². The molecule has 1 heterocycles. The molecule has 0 saturated carbocycles. The third-order valence-electron chi connectivity index (χ3n) is 4.00. The van der Waals surface area contributed by atoms with Crippen molar-refractivity contribution in [2.24, 2.45) is 0 Å². The lowest BCUT2D eigenvalue weighted by Crippen LogP contribution is -2.39. The van der Waals surface area contributed by atoms with Gasteiger partial charge < -0.3 is 4.90 Å². The van der Waals surface area contributed by atoms with Gasteiger partial charge in [-0.25, -0.2) is 8.42 Å². The molecule has 0 radical (unpaired) electrons. The zero-order valence-corrected chi connectivity index (χ0v) is 15.1. The minimum absolute atomic E-state index is 0.0373. The van der Waals surface area contributed by atoms with Gasteiger partial charge in [0, 0.05) is 39.1 Å². The second kappa shape index (κ2) is 8.41. The highest BCUT2D eigenvalue weighted by atomic mass is 32.2. The van der Waals surface area contributed by atoms with Crippen molar-refractivity contribution in [3.8, 4) is 0 Å². The first-order chi connectivity index (χ1) is 11.4. The van der Waals surface area contributed by atoms with Crippen LogP contribution in [0.2, 0.25) is 0 Å². The molecule has 6 nitrogen and oxygen atoms in total. The summed E-state index contributed by atoms with van der Waals surface area (Å²) in [5.74, 6) is 0.0373. The Hall–Kier alpha value is -1.70. The van der Waals surface area contributed by atoms with Gasteiger partial charge in [0.2, 0.25) is 15.9 Å². The second-order valence-corrected chi connectivity index (χ2v) is 7.89. The molecule has 1 aromatic rings. The highest BCUT2D eigenvalue weighted by Crippen LogP contribution is 2.12. The van der Waals surface area contributed by atoms with Gasteiger partial charge in [0.15, 0.2) is 0 Å². The molecule has 1 aromatic carbocycles. The van der Waals surface area contributed by atoms with E-state index in [1.807, 2.05) is 35.2 Å². The van der Waals surface area contributed by atoms with E-state index >= 15 is 0 Å². The van der Waals surface area contributed by atoms with Crippen LogP contribution in [0.4, 0.5) is 0 Å². The van der Waals surface area contributed by atoms with E-state index in [-0.39, 0.29) is 5.91 Å². The molecule has 0 unspecified atom stereocenters. The molecule has 0 atom stereocenters. The van der Waals surface area contributed by atoms with Gasteiger partial charge in [-0.15, -0.1) is 0 Å². The summed E-state index contributed by atoms with van der Waals surface area (Å²) in [6, 6.07) is 9.37. The van der Waals surface area contributed by atoms with Gasteiger partial charge in [-0.2, -0.15) is 4.31 Å². The fourth-order valence-corrected chi connectivity index (χ4v) is 3.73. The van der Waals surface area contributed by atoms with E-state index < -0.39 is 10.0 Å². The van der Waals surface area contributed by atoms with Crippen LogP contribution in [-0.4, -0.2) is 75.2 Å². The first kappa shape index (κ1) is 18.6. The van der Waals surface area contributed by atoms with Crippen molar-refractivity contribution in [2.75, 3.05) is 46.8 Å². The molecule has 1 fully saturated rings. The van der Waals surface area contributed by atoms with Crippen molar-refractivity contribution in [2.45, 2.75) is 6.42 Å². The molecule has 2 rings (SSSR count). The molecule has 0 N–H and O–H groups in total. The normalized spacial score (nSPS) is 17.8.